The molecule has 182 valence electrons. The fourth-order valence-electron chi connectivity index (χ4n) is 4.20. The normalized spacial score (nSPS) is 11.3. The van der Waals surface area contributed by atoms with Crippen LogP contribution in [0.3, 0.4) is 0 Å². The standard InChI is InChI=1S/C27H21FN8O/c1-2-23(37)31-10-15-7-17(11-29-9-15)18-8-20-25(35-36-26(20)32-12-18)27-33-22-14-30-13-21(24(22)34-27)16-3-5-19(28)6-4-16/h3-9,11-14H,2,10H2,1H3,(H,31,37)(H,33,34)(H,32,35,36). The second-order valence-electron chi connectivity index (χ2n) is 8.58. The second kappa shape index (κ2) is 9.23. The van der Waals surface area contributed by atoms with Crippen molar-refractivity contribution in [2.75, 3.05) is 0 Å². The molecule has 1 aromatic carbocycles. The summed E-state index contributed by atoms with van der Waals surface area (Å²) in [6.07, 6.45) is 9.09. The van der Waals surface area contributed by atoms with Crippen molar-refractivity contribution in [3.63, 3.8) is 0 Å². The molecule has 5 aromatic heterocycles. The lowest BCUT2D eigenvalue weighted by molar-refractivity contribution is -0.120. The van der Waals surface area contributed by atoms with Gasteiger partial charge in [0.15, 0.2) is 11.5 Å². The number of nitrogens with zero attached hydrogens (tertiary/aromatic N) is 5. The number of amides is 1. The number of nitrogens with one attached hydrogen (secondary N) is 3. The smallest absolute Gasteiger partial charge is 0.219 e. The molecule has 6 aromatic rings. The fourth-order valence-corrected chi connectivity index (χ4v) is 4.20. The molecule has 0 bridgehead atoms. The number of rotatable bonds is 6. The zero-order valence-corrected chi connectivity index (χ0v) is 19.8. The molecule has 0 saturated carbocycles. The Hall–Kier alpha value is -4.99. The first kappa shape index (κ1) is 22.5. The molecule has 3 N–H and O–H groups in total. The summed E-state index contributed by atoms with van der Waals surface area (Å²) >= 11 is 0. The molecule has 0 aliphatic carbocycles. The van der Waals surface area contributed by atoms with Crippen molar-refractivity contribution in [1.29, 1.82) is 0 Å². The van der Waals surface area contributed by atoms with Crippen LogP contribution in [0.5, 0.6) is 0 Å². The van der Waals surface area contributed by atoms with Gasteiger partial charge in [0.05, 0.1) is 22.6 Å². The average molecular weight is 493 g/mol. The number of hydrogen-bond acceptors (Lipinski definition) is 6. The Labute approximate surface area is 210 Å². The third-order valence-corrected chi connectivity index (χ3v) is 6.13. The monoisotopic (exact) mass is 492 g/mol. The number of aromatic amines is 2. The third kappa shape index (κ3) is 4.29. The summed E-state index contributed by atoms with van der Waals surface area (Å²) in [4.78, 5) is 33.0. The Balaban J connectivity index is 1.39. The summed E-state index contributed by atoms with van der Waals surface area (Å²) in [5.74, 6) is 0.271. The van der Waals surface area contributed by atoms with Crippen LogP contribution in [0.1, 0.15) is 18.9 Å². The number of fused-ring (bicyclic) bond motifs is 2. The van der Waals surface area contributed by atoms with Gasteiger partial charge in [-0.2, -0.15) is 5.10 Å². The first-order valence-corrected chi connectivity index (χ1v) is 11.7. The Bertz CT molecular complexity index is 1760. The number of aromatic nitrogens is 7. The van der Waals surface area contributed by atoms with Gasteiger partial charge in [-0.05, 0) is 35.4 Å². The molecular weight excluding hydrogens is 471 g/mol. The van der Waals surface area contributed by atoms with Gasteiger partial charge in [0.1, 0.15) is 11.5 Å². The SMILES string of the molecule is CCC(=O)NCc1cncc(-c2cnc3n[nH]c(-c4nc5c(-c6ccc(F)cc6)cncc5[nH]4)c3c2)c1. The Morgan fingerprint density at radius 2 is 1.78 bits per heavy atom. The summed E-state index contributed by atoms with van der Waals surface area (Å²) in [7, 11) is 0. The van der Waals surface area contributed by atoms with Crippen molar-refractivity contribution in [2.24, 2.45) is 0 Å². The van der Waals surface area contributed by atoms with Crippen LogP contribution in [0.15, 0.2) is 67.4 Å². The molecule has 0 saturated heterocycles. The van der Waals surface area contributed by atoms with E-state index in [0.717, 1.165) is 44.2 Å². The van der Waals surface area contributed by atoms with E-state index in [4.69, 9.17) is 4.98 Å². The zero-order chi connectivity index (χ0) is 25.4. The first-order valence-electron chi connectivity index (χ1n) is 11.7. The van der Waals surface area contributed by atoms with Gasteiger partial charge >= 0.3 is 0 Å². The van der Waals surface area contributed by atoms with E-state index in [-0.39, 0.29) is 11.7 Å². The molecule has 1 amide bonds. The fraction of sp³-hybridized carbons (Fsp3) is 0.111. The van der Waals surface area contributed by atoms with Crippen molar-refractivity contribution in [1.82, 2.24) is 40.4 Å². The molecule has 9 nitrogen and oxygen atoms in total. The molecule has 0 aliphatic rings. The molecule has 10 heteroatoms. The van der Waals surface area contributed by atoms with E-state index in [1.807, 2.05) is 19.1 Å². The van der Waals surface area contributed by atoms with Crippen LogP contribution in [0, 0.1) is 5.82 Å². The van der Waals surface area contributed by atoms with E-state index in [1.54, 1.807) is 43.1 Å². The minimum absolute atomic E-state index is 0.0138. The van der Waals surface area contributed by atoms with E-state index in [1.165, 1.54) is 12.1 Å². The van der Waals surface area contributed by atoms with Crippen LogP contribution in [0.25, 0.3) is 55.8 Å². The topological polar surface area (TPSA) is 125 Å². The van der Waals surface area contributed by atoms with Gasteiger partial charge < -0.3 is 10.3 Å². The number of pyridine rings is 3. The van der Waals surface area contributed by atoms with Crippen molar-refractivity contribution in [3.8, 4) is 33.8 Å². The Kier molecular flexibility index (Phi) is 5.61. The number of carbonyl (C=O) groups is 1. The molecule has 5 heterocycles. The van der Waals surface area contributed by atoms with E-state index in [0.29, 0.717) is 30.1 Å². The lowest BCUT2D eigenvalue weighted by Crippen LogP contribution is -2.21. The van der Waals surface area contributed by atoms with E-state index < -0.39 is 0 Å². The van der Waals surface area contributed by atoms with Gasteiger partial charge in [0.2, 0.25) is 5.91 Å². The first-order chi connectivity index (χ1) is 18.1. The number of halogens is 1. The van der Waals surface area contributed by atoms with Crippen molar-refractivity contribution in [3.05, 3.63) is 78.8 Å². The molecule has 6 rings (SSSR count). The number of imidazole rings is 1. The van der Waals surface area contributed by atoms with Crippen LogP contribution in [0.4, 0.5) is 4.39 Å². The largest absolute Gasteiger partial charge is 0.352 e. The summed E-state index contributed by atoms with van der Waals surface area (Å²) in [6.45, 7) is 2.22. The summed E-state index contributed by atoms with van der Waals surface area (Å²) in [6, 6.07) is 10.2. The average Bonchev–Trinajstić information content (AvgIpc) is 3.56. The number of hydrogen-bond donors (Lipinski definition) is 3. The van der Waals surface area contributed by atoms with Gasteiger partial charge in [0.25, 0.3) is 0 Å². The van der Waals surface area contributed by atoms with Crippen LogP contribution < -0.4 is 5.32 Å². The maximum atomic E-state index is 13.4. The highest BCUT2D eigenvalue weighted by Gasteiger charge is 2.16. The molecule has 37 heavy (non-hydrogen) atoms. The van der Waals surface area contributed by atoms with Gasteiger partial charge in [-0.1, -0.05) is 19.1 Å². The molecule has 0 radical (unpaired) electrons. The van der Waals surface area contributed by atoms with Crippen molar-refractivity contribution in [2.45, 2.75) is 19.9 Å². The van der Waals surface area contributed by atoms with Gasteiger partial charge in [-0.25, -0.2) is 14.4 Å². The molecule has 0 spiro atoms. The predicted octanol–water partition coefficient (Wildman–Crippen LogP) is 4.79. The maximum absolute atomic E-state index is 13.4. The summed E-state index contributed by atoms with van der Waals surface area (Å²) in [5.41, 5.74) is 6.93. The lowest BCUT2D eigenvalue weighted by atomic mass is 10.1. The van der Waals surface area contributed by atoms with E-state index >= 15 is 0 Å². The zero-order valence-electron chi connectivity index (χ0n) is 19.8. The molecule has 0 aliphatic heterocycles. The minimum Gasteiger partial charge on any atom is -0.352 e. The van der Waals surface area contributed by atoms with E-state index in [2.05, 4.69) is 35.5 Å². The van der Waals surface area contributed by atoms with Gasteiger partial charge in [-0.15, -0.1) is 0 Å². The molecule has 0 atom stereocenters. The van der Waals surface area contributed by atoms with Crippen LogP contribution in [-0.4, -0.2) is 41.0 Å². The van der Waals surface area contributed by atoms with E-state index in [9.17, 15) is 9.18 Å². The summed E-state index contributed by atoms with van der Waals surface area (Å²) in [5, 5.41) is 11.1. The van der Waals surface area contributed by atoms with Crippen LogP contribution in [-0.2, 0) is 11.3 Å². The Morgan fingerprint density at radius 3 is 2.62 bits per heavy atom. The molecule has 0 fully saturated rings. The van der Waals surface area contributed by atoms with Crippen molar-refractivity contribution < 1.29 is 9.18 Å². The number of H-pyrrole nitrogens is 2. The van der Waals surface area contributed by atoms with Gasteiger partial charge in [-0.3, -0.25) is 19.9 Å². The third-order valence-electron chi connectivity index (χ3n) is 6.13. The van der Waals surface area contributed by atoms with Gasteiger partial charge in [0, 0.05) is 54.4 Å². The highest BCUT2D eigenvalue weighted by molar-refractivity contribution is 5.96. The highest BCUT2D eigenvalue weighted by atomic mass is 19.1. The molecular formula is C27H21FN8O. The lowest BCUT2D eigenvalue weighted by Gasteiger charge is -2.06. The minimum atomic E-state index is -0.301. The van der Waals surface area contributed by atoms with Crippen LogP contribution in [0.2, 0.25) is 0 Å². The second-order valence-corrected chi connectivity index (χ2v) is 8.58. The predicted molar refractivity (Wildman–Crippen MR) is 138 cm³/mol. The Morgan fingerprint density at radius 1 is 0.973 bits per heavy atom. The maximum Gasteiger partial charge on any atom is 0.219 e. The van der Waals surface area contributed by atoms with Crippen LogP contribution >= 0.6 is 0 Å². The van der Waals surface area contributed by atoms with Crippen molar-refractivity contribution >= 4 is 28.0 Å². The number of benzene rings is 1. The highest BCUT2D eigenvalue weighted by Crippen LogP contribution is 2.32. The molecule has 0 unspecified atom stereocenters. The number of carbonyl (C=O) groups excluding carboxylic acids is 1. The summed E-state index contributed by atoms with van der Waals surface area (Å²) < 4.78 is 13.4. The quantitative estimate of drug-likeness (QED) is 0.307.